The number of hydrogen-bond donors (Lipinski definition) is 0. The summed E-state index contributed by atoms with van der Waals surface area (Å²) in [5.41, 5.74) is 10.6. The Bertz CT molecular complexity index is 3540. The molecule has 0 aliphatic rings. The predicted molar refractivity (Wildman–Crippen MR) is 254 cm³/mol. The molecule has 10 aromatic carbocycles. The fourth-order valence-electron chi connectivity index (χ4n) is 9.84. The summed E-state index contributed by atoms with van der Waals surface area (Å²) in [7, 11) is 0. The average Bonchev–Trinajstić information content (AvgIpc) is 3.86. The average molecular weight is 835 g/mol. The van der Waals surface area contributed by atoms with Gasteiger partial charge in [0, 0.05) is 32.7 Å². The smallest absolute Gasteiger partial charge is 0.123 e. The molecule has 0 radical (unpaired) electrons. The number of benzene rings is 10. The molecule has 0 bridgehead atoms. The lowest BCUT2D eigenvalue weighted by Crippen LogP contribution is -2.02. The summed E-state index contributed by atoms with van der Waals surface area (Å²) < 4.78 is 62.7. The van der Waals surface area contributed by atoms with Crippen LogP contribution in [0, 0.1) is 23.3 Å². The fourth-order valence-corrected chi connectivity index (χ4v) is 9.84. The minimum atomic E-state index is -0.337. The first-order chi connectivity index (χ1) is 31.4. The van der Waals surface area contributed by atoms with Gasteiger partial charge in [0.25, 0.3) is 0 Å². The van der Waals surface area contributed by atoms with Gasteiger partial charge in [0.15, 0.2) is 0 Å². The minimum Gasteiger partial charge on any atom is -0.308 e. The molecule has 0 saturated heterocycles. The normalized spacial score (nSPS) is 11.8. The Labute approximate surface area is 365 Å². The van der Waals surface area contributed by atoms with Gasteiger partial charge in [-0.2, -0.15) is 0 Å². The first-order valence-corrected chi connectivity index (χ1v) is 21.1. The molecule has 304 valence electrons. The number of rotatable bonds is 6. The van der Waals surface area contributed by atoms with Gasteiger partial charge in [-0.15, -0.1) is 0 Å². The monoisotopic (exact) mass is 834 g/mol. The molecule has 2 heterocycles. The van der Waals surface area contributed by atoms with E-state index in [0.717, 1.165) is 110 Å². The number of nitrogens with zero attached hydrogens (tertiary/aromatic N) is 2. The third kappa shape index (κ3) is 5.87. The van der Waals surface area contributed by atoms with E-state index in [1.54, 1.807) is 48.5 Å². The van der Waals surface area contributed by atoms with Crippen molar-refractivity contribution in [1.29, 1.82) is 0 Å². The summed E-state index contributed by atoms with van der Waals surface area (Å²) in [6.45, 7) is 0. The number of fused-ring (bicyclic) bond motifs is 7. The first kappa shape index (κ1) is 37.5. The van der Waals surface area contributed by atoms with Gasteiger partial charge in [0.2, 0.25) is 0 Å². The van der Waals surface area contributed by atoms with Crippen molar-refractivity contribution in [3.63, 3.8) is 0 Å². The SMILES string of the molecule is Fc1ccc(-c2c(-c3ccc(F)cc3)n(-c3cc4c5ccccc5c(-n5c(-c6ccc(F)cc6)c(-c6ccc(F)cc6)c6ccccc65)cc4c4ccccc34)c3ccccc23)cc1. The molecule has 0 atom stereocenters. The fraction of sp³-hybridized carbons (Fsp3) is 0. The van der Waals surface area contributed by atoms with Gasteiger partial charge in [-0.3, -0.25) is 0 Å². The largest absolute Gasteiger partial charge is 0.308 e. The third-order valence-electron chi connectivity index (χ3n) is 12.6. The van der Waals surface area contributed by atoms with Gasteiger partial charge in [-0.25, -0.2) is 17.6 Å². The van der Waals surface area contributed by atoms with Crippen molar-refractivity contribution >= 4 is 54.1 Å². The van der Waals surface area contributed by atoms with Gasteiger partial charge in [0.05, 0.1) is 33.8 Å². The van der Waals surface area contributed by atoms with Gasteiger partial charge < -0.3 is 9.13 Å². The highest BCUT2D eigenvalue weighted by Gasteiger charge is 2.26. The Hall–Kier alpha value is -8.22. The lowest BCUT2D eigenvalue weighted by Gasteiger charge is -2.21. The maximum Gasteiger partial charge on any atom is 0.123 e. The zero-order valence-corrected chi connectivity index (χ0v) is 34.0. The van der Waals surface area contributed by atoms with Gasteiger partial charge in [0.1, 0.15) is 23.3 Å². The molecule has 0 unspecified atom stereocenters. The van der Waals surface area contributed by atoms with E-state index in [1.807, 2.05) is 36.4 Å². The predicted octanol–water partition coefficient (Wildman–Crippen LogP) is 16.3. The Morgan fingerprint density at radius 2 is 0.531 bits per heavy atom. The molecule has 2 nitrogen and oxygen atoms in total. The standard InChI is InChI=1S/C58H34F4N2/c59-39-25-17-35(18-26-39)55-47-13-5-7-15-51(47)63(57(55)37-21-29-41(61)30-22-37)53-34-50-44-10-2-4-12-46(44)54(33-49(50)43-9-1-3-11-45(43)53)64-52-16-8-6-14-48(52)56(36-19-27-40(60)28-20-36)58(64)38-23-31-42(62)32-24-38/h1-34H. The van der Waals surface area contributed by atoms with Crippen LogP contribution in [0.4, 0.5) is 17.6 Å². The van der Waals surface area contributed by atoms with E-state index in [2.05, 4.69) is 81.9 Å². The van der Waals surface area contributed by atoms with Crippen LogP contribution < -0.4 is 0 Å². The van der Waals surface area contributed by atoms with Crippen molar-refractivity contribution in [2.24, 2.45) is 0 Å². The van der Waals surface area contributed by atoms with Crippen LogP contribution in [0.5, 0.6) is 0 Å². The number of halogens is 4. The van der Waals surface area contributed by atoms with Crippen molar-refractivity contribution in [2.75, 3.05) is 0 Å². The second-order valence-corrected chi connectivity index (χ2v) is 16.2. The first-order valence-electron chi connectivity index (χ1n) is 21.1. The molecule has 0 N–H and O–H groups in total. The van der Waals surface area contributed by atoms with Gasteiger partial charge >= 0.3 is 0 Å². The molecule has 12 aromatic rings. The van der Waals surface area contributed by atoms with Crippen molar-refractivity contribution in [1.82, 2.24) is 9.13 Å². The maximum absolute atomic E-state index is 14.6. The van der Waals surface area contributed by atoms with Crippen LogP contribution in [0.25, 0.3) is 110 Å². The Kier molecular flexibility index (Phi) is 8.63. The summed E-state index contributed by atoms with van der Waals surface area (Å²) in [5.74, 6) is -1.33. The van der Waals surface area contributed by atoms with Crippen LogP contribution in [-0.2, 0) is 0 Å². The number of para-hydroxylation sites is 2. The molecular weight excluding hydrogens is 801 g/mol. The van der Waals surface area contributed by atoms with Gasteiger partial charge in [-0.1, -0.05) is 109 Å². The highest BCUT2D eigenvalue weighted by Crippen LogP contribution is 2.48. The van der Waals surface area contributed by atoms with E-state index in [9.17, 15) is 17.6 Å². The third-order valence-corrected chi connectivity index (χ3v) is 12.6. The zero-order valence-electron chi connectivity index (χ0n) is 34.0. The van der Waals surface area contributed by atoms with E-state index >= 15 is 0 Å². The van der Waals surface area contributed by atoms with Crippen LogP contribution in [0.15, 0.2) is 206 Å². The Morgan fingerprint density at radius 1 is 0.250 bits per heavy atom. The van der Waals surface area contributed by atoms with Crippen molar-refractivity contribution < 1.29 is 17.6 Å². The molecule has 0 fully saturated rings. The molecule has 0 amide bonds. The summed E-state index contributed by atoms with van der Waals surface area (Å²) >= 11 is 0. The second kappa shape index (κ2) is 14.7. The molecule has 12 rings (SSSR count). The van der Waals surface area contributed by atoms with Crippen LogP contribution >= 0.6 is 0 Å². The second-order valence-electron chi connectivity index (χ2n) is 16.2. The summed E-state index contributed by atoms with van der Waals surface area (Å²) in [5, 5.41) is 8.03. The van der Waals surface area contributed by atoms with E-state index in [-0.39, 0.29) is 23.3 Å². The highest BCUT2D eigenvalue weighted by molar-refractivity contribution is 6.23. The van der Waals surface area contributed by atoms with E-state index < -0.39 is 0 Å². The quantitative estimate of drug-likeness (QED) is 0.117. The van der Waals surface area contributed by atoms with Crippen LogP contribution in [0.3, 0.4) is 0 Å². The topological polar surface area (TPSA) is 9.86 Å². The summed E-state index contributed by atoms with van der Waals surface area (Å²) in [6, 6.07) is 64.0. The van der Waals surface area contributed by atoms with Gasteiger partial charge in [-0.05, 0) is 141 Å². The maximum atomic E-state index is 14.6. The molecule has 6 heteroatoms. The lowest BCUT2D eigenvalue weighted by molar-refractivity contribution is 0.627. The highest BCUT2D eigenvalue weighted by atomic mass is 19.1. The summed E-state index contributed by atoms with van der Waals surface area (Å²) in [6.07, 6.45) is 0. The van der Waals surface area contributed by atoms with Crippen LogP contribution in [-0.4, -0.2) is 9.13 Å². The zero-order chi connectivity index (χ0) is 43.1. The molecule has 0 spiro atoms. The molecule has 2 aromatic heterocycles. The Balaban J connectivity index is 1.22. The van der Waals surface area contributed by atoms with Crippen LogP contribution in [0.2, 0.25) is 0 Å². The van der Waals surface area contributed by atoms with Crippen LogP contribution in [0.1, 0.15) is 0 Å². The Morgan fingerprint density at radius 3 is 0.875 bits per heavy atom. The molecule has 0 aliphatic heterocycles. The molecule has 0 aliphatic carbocycles. The molecule has 64 heavy (non-hydrogen) atoms. The number of aromatic nitrogens is 2. The van der Waals surface area contributed by atoms with E-state index in [4.69, 9.17) is 0 Å². The lowest BCUT2D eigenvalue weighted by atomic mass is 9.94. The molecular formula is C58H34F4N2. The molecule has 0 saturated carbocycles. The van der Waals surface area contributed by atoms with Crippen molar-refractivity contribution in [2.45, 2.75) is 0 Å². The van der Waals surface area contributed by atoms with E-state index in [0.29, 0.717) is 0 Å². The van der Waals surface area contributed by atoms with Crippen molar-refractivity contribution in [3.05, 3.63) is 230 Å². The minimum absolute atomic E-state index is 0.327. The number of hydrogen-bond acceptors (Lipinski definition) is 0. The van der Waals surface area contributed by atoms with Crippen molar-refractivity contribution in [3.8, 4) is 56.1 Å². The summed E-state index contributed by atoms with van der Waals surface area (Å²) in [4.78, 5) is 0. The van der Waals surface area contributed by atoms with E-state index in [1.165, 1.54) is 48.5 Å².